The van der Waals surface area contributed by atoms with Crippen molar-refractivity contribution in [1.29, 1.82) is 0 Å². The molecule has 0 bridgehead atoms. The molecule has 66 valence electrons. The number of carboxylic acids is 1. The number of hydrogen-bond donors (Lipinski definition) is 4. The Kier molecular flexibility index (Phi) is 9.46. The maximum atomic E-state index is 9.85. The molecule has 0 radical (unpaired) electrons. The number of carbonyl (C=O) groups is 1. The van der Waals surface area contributed by atoms with E-state index in [9.17, 15) is 9.90 Å². The summed E-state index contributed by atoms with van der Waals surface area (Å²) in [5.74, 6) is -1.90. The van der Waals surface area contributed by atoms with E-state index in [1.165, 1.54) is 0 Å². The van der Waals surface area contributed by atoms with Crippen LogP contribution in [0.15, 0.2) is 0 Å². The Balaban J connectivity index is 0. The van der Waals surface area contributed by atoms with Crippen LogP contribution in [0.5, 0.6) is 0 Å². The van der Waals surface area contributed by atoms with Crippen LogP contribution in [0.2, 0.25) is 0 Å². The second-order valence-corrected chi connectivity index (χ2v) is 2.00. The summed E-state index contributed by atoms with van der Waals surface area (Å²) < 4.78 is 0. The average Bonchev–Trinajstić information content (AvgIpc) is 2.00. The van der Waals surface area contributed by atoms with Gasteiger partial charge in [0, 0.05) is 0 Å². The molecule has 0 saturated heterocycles. The van der Waals surface area contributed by atoms with Crippen LogP contribution in [0.25, 0.3) is 0 Å². The van der Waals surface area contributed by atoms with Gasteiger partial charge in [-0.1, -0.05) is 0 Å². The molecule has 0 amide bonds. The zero-order chi connectivity index (χ0) is 9.02. The van der Waals surface area contributed by atoms with E-state index in [1.807, 2.05) is 0 Å². The summed E-state index contributed by atoms with van der Waals surface area (Å²) in [6.07, 6.45) is -5.79. The number of hydrogen-bond acceptors (Lipinski definition) is 6. The summed E-state index contributed by atoms with van der Waals surface area (Å²) in [7, 11) is 0. The quantitative estimate of drug-likeness (QED) is 0.338. The van der Waals surface area contributed by atoms with Gasteiger partial charge in [-0.25, -0.2) is 0 Å². The zero-order valence-corrected chi connectivity index (χ0v) is 9.67. The van der Waals surface area contributed by atoms with Crippen LogP contribution in [0, 0.1) is 0 Å². The number of rotatable bonds is 4. The molecule has 0 spiro atoms. The van der Waals surface area contributed by atoms with Crippen molar-refractivity contribution in [3.05, 3.63) is 0 Å². The van der Waals surface area contributed by atoms with Gasteiger partial charge in [0.2, 0.25) is 0 Å². The Morgan fingerprint density at radius 2 is 1.75 bits per heavy atom. The van der Waals surface area contributed by atoms with Crippen LogP contribution in [0.3, 0.4) is 0 Å². The smallest absolute Gasteiger partial charge is 0.547 e. The maximum Gasteiger partial charge on any atom is 1.00 e. The van der Waals surface area contributed by atoms with Gasteiger partial charge in [0.25, 0.3) is 0 Å². The minimum atomic E-state index is -2.18. The fourth-order valence-electron chi connectivity index (χ4n) is 0.458. The molecule has 0 rings (SSSR count). The van der Waals surface area contributed by atoms with Crippen LogP contribution < -0.4 is 56.5 Å². The third-order valence-electron chi connectivity index (χ3n) is 1.15. The SMILES string of the molecule is O=C([O-])[C@H](O)[C@@H](O)[C@@H](O)CO.[K+]. The van der Waals surface area contributed by atoms with Gasteiger partial charge in [-0.2, -0.15) is 0 Å². The summed E-state index contributed by atoms with van der Waals surface area (Å²) >= 11 is 0. The van der Waals surface area contributed by atoms with Crippen molar-refractivity contribution >= 4 is 5.97 Å². The summed E-state index contributed by atoms with van der Waals surface area (Å²) in [5, 5.41) is 43.8. The third kappa shape index (κ3) is 4.85. The minimum Gasteiger partial charge on any atom is -0.547 e. The van der Waals surface area contributed by atoms with Crippen LogP contribution in [0.1, 0.15) is 0 Å². The van der Waals surface area contributed by atoms with E-state index in [0.717, 1.165) is 0 Å². The van der Waals surface area contributed by atoms with Crippen molar-refractivity contribution in [3.8, 4) is 0 Å². The second-order valence-electron chi connectivity index (χ2n) is 2.00. The Bertz CT molecular complexity index is 140. The molecule has 0 aromatic heterocycles. The van der Waals surface area contributed by atoms with Crippen molar-refractivity contribution in [2.24, 2.45) is 0 Å². The van der Waals surface area contributed by atoms with Crippen molar-refractivity contribution in [3.63, 3.8) is 0 Å². The predicted octanol–water partition coefficient (Wildman–Crippen LogP) is -7.18. The molecule has 6 nitrogen and oxygen atoms in total. The summed E-state index contributed by atoms with van der Waals surface area (Å²) in [4.78, 5) is 9.85. The molecule has 0 unspecified atom stereocenters. The topological polar surface area (TPSA) is 121 Å². The molecule has 0 saturated carbocycles. The van der Waals surface area contributed by atoms with Gasteiger partial charge >= 0.3 is 51.4 Å². The monoisotopic (exact) mass is 204 g/mol. The predicted molar refractivity (Wildman–Crippen MR) is 30.1 cm³/mol. The molecule has 4 N–H and O–H groups in total. The van der Waals surface area contributed by atoms with Crippen LogP contribution in [-0.2, 0) is 4.79 Å². The Labute approximate surface area is 111 Å². The van der Waals surface area contributed by atoms with Gasteiger partial charge in [0.1, 0.15) is 18.3 Å². The first-order chi connectivity index (χ1) is 5.00. The van der Waals surface area contributed by atoms with E-state index in [1.54, 1.807) is 0 Å². The molecule has 3 atom stereocenters. The van der Waals surface area contributed by atoms with Crippen LogP contribution >= 0.6 is 0 Å². The summed E-state index contributed by atoms with van der Waals surface area (Å²) in [5.41, 5.74) is 0. The Hall–Kier alpha value is 0.946. The largest absolute Gasteiger partial charge is 1.00 e. The Morgan fingerprint density at radius 3 is 2.00 bits per heavy atom. The zero-order valence-electron chi connectivity index (χ0n) is 6.54. The van der Waals surface area contributed by atoms with Gasteiger partial charge in [-0.05, 0) is 0 Å². The van der Waals surface area contributed by atoms with Gasteiger partial charge < -0.3 is 30.3 Å². The molecule has 0 fully saturated rings. The van der Waals surface area contributed by atoms with Crippen molar-refractivity contribution in [1.82, 2.24) is 0 Å². The first-order valence-corrected chi connectivity index (χ1v) is 2.86. The van der Waals surface area contributed by atoms with E-state index >= 15 is 0 Å². The first-order valence-electron chi connectivity index (χ1n) is 2.86. The molecule has 12 heavy (non-hydrogen) atoms. The number of aliphatic carboxylic acids is 1. The molecule has 0 aromatic carbocycles. The van der Waals surface area contributed by atoms with Gasteiger partial charge in [0.05, 0.1) is 12.6 Å². The molecule has 0 aromatic rings. The molecular weight excluding hydrogens is 195 g/mol. The van der Waals surface area contributed by atoms with Crippen LogP contribution in [0.4, 0.5) is 0 Å². The molecular formula is C5H9KO6. The van der Waals surface area contributed by atoms with E-state index in [-0.39, 0.29) is 51.4 Å². The molecule has 0 heterocycles. The standard InChI is InChI=1S/C5H10O6.K/c6-1-2(7)3(8)4(9)5(10)11;/h2-4,6-9H,1H2,(H,10,11);/q;+1/p-1/t2-,3-,4+;/m0./s1. The Morgan fingerprint density at radius 1 is 1.33 bits per heavy atom. The second kappa shape index (κ2) is 7.36. The summed E-state index contributed by atoms with van der Waals surface area (Å²) in [6, 6.07) is 0. The summed E-state index contributed by atoms with van der Waals surface area (Å²) in [6.45, 7) is -0.828. The molecule has 7 heteroatoms. The maximum absolute atomic E-state index is 9.85. The van der Waals surface area contributed by atoms with Gasteiger partial charge in [0.15, 0.2) is 0 Å². The van der Waals surface area contributed by atoms with Gasteiger partial charge in [-0.15, -0.1) is 0 Å². The fraction of sp³-hybridized carbons (Fsp3) is 0.800. The fourth-order valence-corrected chi connectivity index (χ4v) is 0.458. The van der Waals surface area contributed by atoms with E-state index in [2.05, 4.69) is 0 Å². The van der Waals surface area contributed by atoms with E-state index in [4.69, 9.17) is 20.4 Å². The normalized spacial score (nSPS) is 17.3. The first kappa shape index (κ1) is 15.4. The molecule has 0 aliphatic carbocycles. The van der Waals surface area contributed by atoms with E-state index < -0.39 is 30.9 Å². The van der Waals surface area contributed by atoms with Crippen molar-refractivity contribution in [2.75, 3.05) is 6.61 Å². The number of carboxylic acid groups (broad SMARTS) is 1. The van der Waals surface area contributed by atoms with Gasteiger partial charge in [-0.3, -0.25) is 0 Å². The number of aliphatic hydroxyl groups excluding tert-OH is 4. The van der Waals surface area contributed by atoms with E-state index in [0.29, 0.717) is 0 Å². The van der Waals surface area contributed by atoms with Crippen molar-refractivity contribution < 1.29 is 81.7 Å². The van der Waals surface area contributed by atoms with Crippen molar-refractivity contribution in [2.45, 2.75) is 18.3 Å². The number of carbonyl (C=O) groups excluding carboxylic acids is 1. The minimum absolute atomic E-state index is 0. The average molecular weight is 204 g/mol. The molecule has 0 aliphatic heterocycles. The third-order valence-corrected chi connectivity index (χ3v) is 1.15. The van der Waals surface area contributed by atoms with Crippen LogP contribution in [-0.4, -0.2) is 51.3 Å². The number of aliphatic hydroxyl groups is 4. The molecule has 0 aliphatic rings.